The largest absolute Gasteiger partial charge is 0.375 e. The van der Waals surface area contributed by atoms with Crippen LogP contribution in [0.1, 0.15) is 31.2 Å². The first-order valence-corrected chi connectivity index (χ1v) is 7.44. The van der Waals surface area contributed by atoms with Crippen LogP contribution in [0.25, 0.3) is 0 Å². The average Bonchev–Trinajstić information content (AvgIpc) is 2.43. The molecule has 2 fully saturated rings. The van der Waals surface area contributed by atoms with Crippen molar-refractivity contribution in [2.75, 3.05) is 13.2 Å². The Labute approximate surface area is 119 Å². The summed E-state index contributed by atoms with van der Waals surface area (Å²) in [5.41, 5.74) is 1.38. The molecule has 1 saturated carbocycles. The maximum Gasteiger partial charge on any atom is 0.240 e. The van der Waals surface area contributed by atoms with E-state index in [1.165, 1.54) is 5.56 Å². The second kappa shape index (κ2) is 5.94. The highest BCUT2D eigenvalue weighted by Crippen LogP contribution is 2.36. The third kappa shape index (κ3) is 2.86. The molecule has 4 nitrogen and oxygen atoms in total. The predicted molar refractivity (Wildman–Crippen MR) is 77.6 cm³/mol. The van der Waals surface area contributed by atoms with Gasteiger partial charge in [0, 0.05) is 12.6 Å². The van der Waals surface area contributed by atoms with Gasteiger partial charge in [-0.3, -0.25) is 4.79 Å². The van der Waals surface area contributed by atoms with E-state index in [9.17, 15) is 4.79 Å². The van der Waals surface area contributed by atoms with Crippen molar-refractivity contribution >= 4 is 5.91 Å². The van der Waals surface area contributed by atoms with Crippen LogP contribution < -0.4 is 10.6 Å². The lowest BCUT2D eigenvalue weighted by atomic mass is 9.76. The van der Waals surface area contributed by atoms with E-state index in [2.05, 4.69) is 34.9 Å². The van der Waals surface area contributed by atoms with Crippen LogP contribution in [0.3, 0.4) is 0 Å². The summed E-state index contributed by atoms with van der Waals surface area (Å²) >= 11 is 0. The molecule has 4 heteroatoms. The summed E-state index contributed by atoms with van der Waals surface area (Å²) < 4.78 is 5.51. The molecule has 20 heavy (non-hydrogen) atoms. The third-order valence-corrected chi connectivity index (χ3v) is 4.35. The van der Waals surface area contributed by atoms with Crippen molar-refractivity contribution in [2.24, 2.45) is 0 Å². The van der Waals surface area contributed by atoms with E-state index in [-0.39, 0.29) is 18.1 Å². The summed E-state index contributed by atoms with van der Waals surface area (Å²) in [5.74, 6) is 0.670. The van der Waals surface area contributed by atoms with Crippen LogP contribution >= 0.6 is 0 Å². The lowest BCUT2D eigenvalue weighted by Gasteiger charge is -2.38. The van der Waals surface area contributed by atoms with Gasteiger partial charge in [0.1, 0.15) is 6.04 Å². The van der Waals surface area contributed by atoms with E-state index in [0.717, 1.165) is 19.4 Å². The molecule has 0 bridgehead atoms. The minimum atomic E-state index is -0.209. The van der Waals surface area contributed by atoms with Crippen molar-refractivity contribution in [1.82, 2.24) is 10.6 Å². The number of carbonyl (C=O) groups excluding carboxylic acids is 1. The van der Waals surface area contributed by atoms with Gasteiger partial charge < -0.3 is 15.4 Å². The van der Waals surface area contributed by atoms with Gasteiger partial charge >= 0.3 is 0 Å². The van der Waals surface area contributed by atoms with Gasteiger partial charge in [-0.15, -0.1) is 0 Å². The van der Waals surface area contributed by atoms with Gasteiger partial charge in [-0.2, -0.15) is 0 Å². The number of hydrogen-bond donors (Lipinski definition) is 2. The van der Waals surface area contributed by atoms with Crippen LogP contribution in [-0.4, -0.2) is 37.2 Å². The standard InChI is InChI=1S/C16H22N2O2/c1-11-15(17-7-8-20-11)16(19)18-14-9-13(10-14)12-5-3-2-4-6-12/h2-6,11,13-15,17H,7-10H2,1H3,(H,18,19)/t11-,13?,14?,15+/m1/s1. The average molecular weight is 274 g/mol. The Morgan fingerprint density at radius 1 is 1.30 bits per heavy atom. The Balaban J connectivity index is 1.47. The fraction of sp³-hybridized carbons (Fsp3) is 0.562. The van der Waals surface area contributed by atoms with Crippen LogP contribution in [-0.2, 0) is 9.53 Å². The van der Waals surface area contributed by atoms with E-state index in [4.69, 9.17) is 4.74 Å². The summed E-state index contributed by atoms with van der Waals surface area (Å²) in [6.45, 7) is 3.38. The second-order valence-electron chi connectivity index (χ2n) is 5.79. The van der Waals surface area contributed by atoms with Crippen molar-refractivity contribution in [3.63, 3.8) is 0 Å². The molecule has 2 aliphatic rings. The number of benzene rings is 1. The number of morpholine rings is 1. The van der Waals surface area contributed by atoms with Gasteiger partial charge in [-0.05, 0) is 31.2 Å². The quantitative estimate of drug-likeness (QED) is 0.876. The van der Waals surface area contributed by atoms with Crippen molar-refractivity contribution in [1.29, 1.82) is 0 Å². The molecular formula is C16H22N2O2. The monoisotopic (exact) mass is 274 g/mol. The maximum absolute atomic E-state index is 12.2. The molecule has 1 aliphatic heterocycles. The van der Waals surface area contributed by atoms with E-state index in [1.54, 1.807) is 0 Å². The molecule has 0 spiro atoms. The van der Waals surface area contributed by atoms with Crippen LogP contribution in [0.4, 0.5) is 0 Å². The molecule has 3 rings (SSSR count). The Kier molecular flexibility index (Phi) is 4.03. The molecular weight excluding hydrogens is 252 g/mol. The third-order valence-electron chi connectivity index (χ3n) is 4.35. The lowest BCUT2D eigenvalue weighted by Crippen LogP contribution is -2.58. The predicted octanol–water partition coefficient (Wildman–Crippen LogP) is 1.43. The second-order valence-corrected chi connectivity index (χ2v) is 5.79. The lowest BCUT2D eigenvalue weighted by molar-refractivity contribution is -0.130. The number of carbonyl (C=O) groups is 1. The first-order valence-electron chi connectivity index (χ1n) is 7.44. The Morgan fingerprint density at radius 3 is 2.75 bits per heavy atom. The number of amides is 1. The molecule has 0 radical (unpaired) electrons. The zero-order chi connectivity index (χ0) is 13.9. The SMILES string of the molecule is C[C@H]1OCCN[C@@H]1C(=O)NC1CC(c2ccccc2)C1. The highest BCUT2D eigenvalue weighted by molar-refractivity contribution is 5.82. The molecule has 2 atom stereocenters. The molecule has 0 aromatic heterocycles. The number of rotatable bonds is 3. The first-order chi connectivity index (χ1) is 9.74. The fourth-order valence-electron chi connectivity index (χ4n) is 3.05. The number of nitrogens with one attached hydrogen (secondary N) is 2. The highest BCUT2D eigenvalue weighted by Gasteiger charge is 2.35. The summed E-state index contributed by atoms with van der Waals surface area (Å²) in [6.07, 6.45) is 2.03. The summed E-state index contributed by atoms with van der Waals surface area (Å²) in [7, 11) is 0. The Bertz CT molecular complexity index is 457. The van der Waals surface area contributed by atoms with Crippen LogP contribution in [0.15, 0.2) is 30.3 Å². The van der Waals surface area contributed by atoms with Gasteiger partial charge in [-0.1, -0.05) is 30.3 Å². The zero-order valence-corrected chi connectivity index (χ0v) is 11.8. The maximum atomic E-state index is 12.2. The summed E-state index contributed by atoms with van der Waals surface area (Å²) in [5, 5.41) is 6.36. The van der Waals surface area contributed by atoms with E-state index < -0.39 is 0 Å². The van der Waals surface area contributed by atoms with Gasteiger partial charge in [0.05, 0.1) is 12.7 Å². The summed E-state index contributed by atoms with van der Waals surface area (Å²) in [4.78, 5) is 12.2. The van der Waals surface area contributed by atoms with Gasteiger partial charge in [0.25, 0.3) is 0 Å². The van der Waals surface area contributed by atoms with Crippen molar-refractivity contribution in [2.45, 2.75) is 43.9 Å². The molecule has 1 aromatic carbocycles. The van der Waals surface area contributed by atoms with E-state index >= 15 is 0 Å². The van der Waals surface area contributed by atoms with Gasteiger partial charge in [-0.25, -0.2) is 0 Å². The Morgan fingerprint density at radius 2 is 2.05 bits per heavy atom. The zero-order valence-electron chi connectivity index (χ0n) is 11.8. The van der Waals surface area contributed by atoms with Crippen LogP contribution in [0.2, 0.25) is 0 Å². The molecule has 1 saturated heterocycles. The van der Waals surface area contributed by atoms with Crippen LogP contribution in [0.5, 0.6) is 0 Å². The number of ether oxygens (including phenoxy) is 1. The normalized spacial score (nSPS) is 33.2. The van der Waals surface area contributed by atoms with E-state index in [1.807, 2.05) is 13.0 Å². The summed E-state index contributed by atoms with van der Waals surface area (Å²) in [6, 6.07) is 10.6. The van der Waals surface area contributed by atoms with Gasteiger partial charge in [0.2, 0.25) is 5.91 Å². The van der Waals surface area contributed by atoms with Crippen molar-refractivity contribution in [3.8, 4) is 0 Å². The first kappa shape index (κ1) is 13.6. The molecule has 1 heterocycles. The van der Waals surface area contributed by atoms with Crippen molar-refractivity contribution in [3.05, 3.63) is 35.9 Å². The molecule has 1 aromatic rings. The Hall–Kier alpha value is -1.39. The topological polar surface area (TPSA) is 50.4 Å². The highest BCUT2D eigenvalue weighted by atomic mass is 16.5. The fourth-order valence-corrected chi connectivity index (χ4v) is 3.05. The molecule has 1 aliphatic carbocycles. The molecule has 0 unspecified atom stereocenters. The van der Waals surface area contributed by atoms with Crippen LogP contribution in [0, 0.1) is 0 Å². The minimum Gasteiger partial charge on any atom is -0.375 e. The smallest absolute Gasteiger partial charge is 0.240 e. The minimum absolute atomic E-state index is 0.0475. The molecule has 2 N–H and O–H groups in total. The van der Waals surface area contributed by atoms with Gasteiger partial charge in [0.15, 0.2) is 0 Å². The van der Waals surface area contributed by atoms with Crippen molar-refractivity contribution < 1.29 is 9.53 Å². The van der Waals surface area contributed by atoms with E-state index in [0.29, 0.717) is 18.6 Å². The molecule has 1 amide bonds. The molecule has 108 valence electrons. The number of hydrogen-bond acceptors (Lipinski definition) is 3.